The van der Waals surface area contributed by atoms with Crippen LogP contribution in [-0.2, 0) is 5.41 Å². The second-order valence-electron chi connectivity index (χ2n) is 5.19. The summed E-state index contributed by atoms with van der Waals surface area (Å²) in [6.07, 6.45) is 1.07. The van der Waals surface area contributed by atoms with Crippen molar-refractivity contribution in [2.45, 2.75) is 18.8 Å². The van der Waals surface area contributed by atoms with E-state index in [4.69, 9.17) is 11.6 Å². The molecule has 0 bridgehead atoms. The Morgan fingerprint density at radius 3 is 2.68 bits per heavy atom. The van der Waals surface area contributed by atoms with E-state index in [-0.39, 0.29) is 5.41 Å². The van der Waals surface area contributed by atoms with Crippen LogP contribution in [0.15, 0.2) is 46.9 Å². The first-order valence-corrected chi connectivity index (χ1v) is 7.57. The van der Waals surface area contributed by atoms with Gasteiger partial charge in [-0.05, 0) is 45.6 Å². The van der Waals surface area contributed by atoms with E-state index >= 15 is 0 Å². The van der Waals surface area contributed by atoms with Gasteiger partial charge in [0.15, 0.2) is 0 Å². The van der Waals surface area contributed by atoms with Crippen molar-refractivity contribution in [3.8, 4) is 0 Å². The van der Waals surface area contributed by atoms with Crippen molar-refractivity contribution in [1.82, 2.24) is 0 Å². The fourth-order valence-corrected chi connectivity index (χ4v) is 3.82. The molecule has 0 fully saturated rings. The van der Waals surface area contributed by atoms with Crippen LogP contribution in [0.3, 0.4) is 0 Å². The van der Waals surface area contributed by atoms with Crippen LogP contribution in [0.1, 0.15) is 24.5 Å². The Hall–Kier alpha value is -0.990. The Balaban J connectivity index is 2.22. The van der Waals surface area contributed by atoms with Crippen molar-refractivity contribution >= 4 is 33.2 Å². The van der Waals surface area contributed by atoms with E-state index < -0.39 is 0 Å². The second-order valence-corrected chi connectivity index (χ2v) is 6.48. The van der Waals surface area contributed by atoms with Gasteiger partial charge in [-0.15, -0.1) is 0 Å². The monoisotopic (exact) mass is 335 g/mol. The number of benzene rings is 2. The molecule has 1 N–H and O–H groups in total. The molecule has 98 valence electrons. The van der Waals surface area contributed by atoms with Gasteiger partial charge in [0, 0.05) is 21.5 Å². The smallest absolute Gasteiger partial charge is 0.0527 e. The molecule has 1 atom stereocenters. The molecule has 1 aliphatic heterocycles. The van der Waals surface area contributed by atoms with Crippen molar-refractivity contribution in [3.05, 3.63) is 63.1 Å². The molecule has 1 heterocycles. The van der Waals surface area contributed by atoms with Gasteiger partial charge in [0.05, 0.1) is 5.69 Å². The second kappa shape index (κ2) is 4.84. The van der Waals surface area contributed by atoms with Crippen LogP contribution in [0.4, 0.5) is 5.69 Å². The molecule has 2 aromatic carbocycles. The highest BCUT2D eigenvalue weighted by atomic mass is 79.9. The lowest BCUT2D eigenvalue weighted by atomic mass is 9.71. The summed E-state index contributed by atoms with van der Waals surface area (Å²) in [5, 5.41) is 4.25. The standard InChI is InChI=1S/C16H15BrClN/c1-16(11-5-3-2-4-6-11)7-8-19-15-13(16)9-12(18)10-14(15)17/h2-6,9-10,19H,7-8H2,1H3. The summed E-state index contributed by atoms with van der Waals surface area (Å²) in [5.74, 6) is 0. The maximum Gasteiger partial charge on any atom is 0.0527 e. The molecule has 0 spiro atoms. The third-order valence-electron chi connectivity index (χ3n) is 3.99. The summed E-state index contributed by atoms with van der Waals surface area (Å²) in [7, 11) is 0. The van der Waals surface area contributed by atoms with Crippen molar-refractivity contribution in [3.63, 3.8) is 0 Å². The van der Waals surface area contributed by atoms with E-state index in [2.05, 4.69) is 64.6 Å². The minimum atomic E-state index is 0.00919. The Morgan fingerprint density at radius 2 is 1.95 bits per heavy atom. The molecule has 0 saturated heterocycles. The molecule has 0 aromatic heterocycles. The zero-order chi connectivity index (χ0) is 13.5. The molecule has 1 unspecified atom stereocenters. The molecular weight excluding hydrogens is 322 g/mol. The van der Waals surface area contributed by atoms with Gasteiger partial charge in [0.1, 0.15) is 0 Å². The third kappa shape index (κ3) is 2.17. The number of anilines is 1. The average Bonchev–Trinajstić information content (AvgIpc) is 2.41. The molecule has 0 saturated carbocycles. The molecular formula is C16H15BrClN. The normalized spacial score (nSPS) is 21.6. The van der Waals surface area contributed by atoms with Crippen LogP contribution in [0.25, 0.3) is 0 Å². The average molecular weight is 337 g/mol. The molecule has 1 aliphatic rings. The predicted molar refractivity (Wildman–Crippen MR) is 85.2 cm³/mol. The van der Waals surface area contributed by atoms with E-state index in [9.17, 15) is 0 Å². The molecule has 0 amide bonds. The molecule has 3 heteroatoms. The number of halogens is 2. The van der Waals surface area contributed by atoms with Gasteiger partial charge in [-0.2, -0.15) is 0 Å². The molecule has 2 aromatic rings. The van der Waals surface area contributed by atoms with Gasteiger partial charge in [0.25, 0.3) is 0 Å². The summed E-state index contributed by atoms with van der Waals surface area (Å²) >= 11 is 9.85. The lowest BCUT2D eigenvalue weighted by Crippen LogP contribution is -2.32. The molecule has 1 nitrogen and oxygen atoms in total. The number of fused-ring (bicyclic) bond motifs is 1. The molecule has 3 rings (SSSR count). The van der Waals surface area contributed by atoms with E-state index in [0.29, 0.717) is 0 Å². The summed E-state index contributed by atoms with van der Waals surface area (Å²) in [6, 6.07) is 14.7. The highest BCUT2D eigenvalue weighted by Crippen LogP contribution is 2.45. The topological polar surface area (TPSA) is 12.0 Å². The number of hydrogen-bond acceptors (Lipinski definition) is 1. The summed E-state index contributed by atoms with van der Waals surface area (Å²) in [4.78, 5) is 0. The van der Waals surface area contributed by atoms with Gasteiger partial charge in [0.2, 0.25) is 0 Å². The van der Waals surface area contributed by atoms with Gasteiger partial charge < -0.3 is 5.32 Å². The lowest BCUT2D eigenvalue weighted by molar-refractivity contribution is 0.521. The number of nitrogens with one attached hydrogen (secondary N) is 1. The Kier molecular flexibility index (Phi) is 3.32. The predicted octanol–water partition coefficient (Wildman–Crippen LogP) is 5.22. The van der Waals surface area contributed by atoms with Gasteiger partial charge >= 0.3 is 0 Å². The zero-order valence-electron chi connectivity index (χ0n) is 10.7. The van der Waals surface area contributed by atoms with E-state index in [1.165, 1.54) is 16.8 Å². The summed E-state index contributed by atoms with van der Waals surface area (Å²) in [6.45, 7) is 3.27. The van der Waals surface area contributed by atoms with Crippen LogP contribution in [0.5, 0.6) is 0 Å². The highest BCUT2D eigenvalue weighted by molar-refractivity contribution is 9.10. The summed E-state index contributed by atoms with van der Waals surface area (Å²) < 4.78 is 1.04. The highest BCUT2D eigenvalue weighted by Gasteiger charge is 2.34. The third-order valence-corrected chi connectivity index (χ3v) is 4.83. The zero-order valence-corrected chi connectivity index (χ0v) is 13.1. The van der Waals surface area contributed by atoms with E-state index in [1.807, 2.05) is 6.07 Å². The fraction of sp³-hybridized carbons (Fsp3) is 0.250. The first-order valence-electron chi connectivity index (χ1n) is 6.40. The molecule has 0 aliphatic carbocycles. The minimum absolute atomic E-state index is 0.00919. The maximum atomic E-state index is 6.24. The van der Waals surface area contributed by atoms with Gasteiger partial charge in [-0.3, -0.25) is 0 Å². The Labute approximate surface area is 127 Å². The van der Waals surface area contributed by atoms with E-state index in [1.54, 1.807) is 0 Å². The van der Waals surface area contributed by atoms with Gasteiger partial charge in [-0.1, -0.05) is 48.9 Å². The number of hydrogen-bond donors (Lipinski definition) is 1. The Morgan fingerprint density at radius 1 is 1.21 bits per heavy atom. The largest absolute Gasteiger partial charge is 0.384 e. The molecule has 19 heavy (non-hydrogen) atoms. The summed E-state index contributed by atoms with van der Waals surface area (Å²) in [5.41, 5.74) is 3.79. The van der Waals surface area contributed by atoms with Crippen LogP contribution < -0.4 is 5.32 Å². The quantitative estimate of drug-likeness (QED) is 0.752. The maximum absolute atomic E-state index is 6.24. The van der Waals surface area contributed by atoms with Crippen LogP contribution in [0, 0.1) is 0 Å². The SMILES string of the molecule is CC1(c2ccccc2)CCNc2c(Br)cc(Cl)cc21. The van der Waals surface area contributed by atoms with Crippen LogP contribution in [-0.4, -0.2) is 6.54 Å². The van der Waals surface area contributed by atoms with Crippen molar-refractivity contribution < 1.29 is 0 Å². The Bertz CT molecular complexity index is 612. The first-order chi connectivity index (χ1) is 9.11. The van der Waals surface area contributed by atoms with Crippen molar-refractivity contribution in [2.75, 3.05) is 11.9 Å². The number of rotatable bonds is 1. The first kappa shape index (κ1) is 13.0. The van der Waals surface area contributed by atoms with Crippen LogP contribution >= 0.6 is 27.5 Å². The minimum Gasteiger partial charge on any atom is -0.384 e. The lowest BCUT2D eigenvalue weighted by Gasteiger charge is -2.37. The van der Waals surface area contributed by atoms with Gasteiger partial charge in [-0.25, -0.2) is 0 Å². The molecule has 0 radical (unpaired) electrons. The van der Waals surface area contributed by atoms with Crippen LogP contribution in [0.2, 0.25) is 5.02 Å². The van der Waals surface area contributed by atoms with Crippen molar-refractivity contribution in [1.29, 1.82) is 0 Å². The van der Waals surface area contributed by atoms with E-state index in [0.717, 1.165) is 22.5 Å². The fourth-order valence-electron chi connectivity index (χ4n) is 2.87. The van der Waals surface area contributed by atoms with Crippen molar-refractivity contribution in [2.24, 2.45) is 0 Å².